The van der Waals surface area contributed by atoms with Crippen molar-refractivity contribution in [1.82, 2.24) is 18.7 Å². The minimum Gasteiger partial charge on any atom is -0.318 e. The number of imidazole rings is 1. The van der Waals surface area contributed by atoms with Gasteiger partial charge in [0.2, 0.25) is 0 Å². The number of quaternary nitrogens is 1. The Kier molecular flexibility index (Phi) is 3.21. The van der Waals surface area contributed by atoms with Crippen LogP contribution in [0.15, 0.2) is 15.9 Å². The molecule has 2 aromatic rings. The monoisotopic (exact) mass is 278 g/mol. The molecule has 1 saturated heterocycles. The smallest absolute Gasteiger partial charge is 0.318 e. The molecule has 7 heteroatoms. The summed E-state index contributed by atoms with van der Waals surface area (Å²) in [5, 5.41) is 0. The zero-order valence-corrected chi connectivity index (χ0v) is 11.9. The molecule has 0 radical (unpaired) electrons. The summed E-state index contributed by atoms with van der Waals surface area (Å²) in [4.78, 5) is 29.9. The molecule has 1 aliphatic rings. The first-order chi connectivity index (χ1) is 9.59. The van der Waals surface area contributed by atoms with Gasteiger partial charge in [-0.1, -0.05) is 0 Å². The molecule has 3 heterocycles. The van der Waals surface area contributed by atoms with Crippen molar-refractivity contribution in [3.8, 4) is 0 Å². The van der Waals surface area contributed by atoms with E-state index in [1.807, 2.05) is 4.57 Å². The van der Waals surface area contributed by atoms with Crippen LogP contribution in [0.4, 0.5) is 0 Å². The molecule has 0 unspecified atom stereocenters. The first-order valence-electron chi connectivity index (χ1n) is 7.04. The van der Waals surface area contributed by atoms with E-state index in [0.29, 0.717) is 11.2 Å². The van der Waals surface area contributed by atoms with E-state index < -0.39 is 0 Å². The summed E-state index contributed by atoms with van der Waals surface area (Å²) in [6.45, 7) is 3.00. The highest BCUT2D eigenvalue weighted by Gasteiger charge is 2.18. The zero-order valence-electron chi connectivity index (χ0n) is 11.9. The van der Waals surface area contributed by atoms with Gasteiger partial charge in [0, 0.05) is 14.1 Å². The van der Waals surface area contributed by atoms with E-state index in [0.717, 1.165) is 24.3 Å². The van der Waals surface area contributed by atoms with Gasteiger partial charge < -0.3 is 4.90 Å². The summed E-state index contributed by atoms with van der Waals surface area (Å²) < 4.78 is 4.46. The molecule has 108 valence electrons. The number of nitrogens with one attached hydrogen (secondary N) is 1. The lowest BCUT2D eigenvalue weighted by atomic mass is 10.1. The Morgan fingerprint density at radius 3 is 2.55 bits per heavy atom. The molecule has 0 aliphatic carbocycles. The fourth-order valence-corrected chi connectivity index (χ4v) is 2.97. The van der Waals surface area contributed by atoms with Crippen LogP contribution in [-0.4, -0.2) is 31.8 Å². The number of likely N-dealkylation sites (tertiary alicyclic amines) is 1. The Morgan fingerprint density at radius 1 is 1.15 bits per heavy atom. The summed E-state index contributed by atoms with van der Waals surface area (Å²) in [5.74, 6) is 0. The Balaban J connectivity index is 2.09. The zero-order chi connectivity index (χ0) is 14.3. The normalized spacial score (nSPS) is 16.9. The van der Waals surface area contributed by atoms with E-state index >= 15 is 0 Å². The van der Waals surface area contributed by atoms with Crippen molar-refractivity contribution in [2.24, 2.45) is 14.1 Å². The minimum atomic E-state index is -0.335. The molecule has 1 N–H and O–H groups in total. The van der Waals surface area contributed by atoms with Crippen molar-refractivity contribution in [2.45, 2.75) is 25.9 Å². The largest absolute Gasteiger partial charge is 0.332 e. The molecule has 0 amide bonds. The summed E-state index contributed by atoms with van der Waals surface area (Å²) >= 11 is 0. The molecular weight excluding hydrogens is 258 g/mol. The van der Waals surface area contributed by atoms with Crippen LogP contribution in [0.2, 0.25) is 0 Å². The lowest BCUT2D eigenvalue weighted by Crippen LogP contribution is -3.12. The van der Waals surface area contributed by atoms with E-state index in [-0.39, 0.29) is 11.2 Å². The Labute approximate surface area is 116 Å². The van der Waals surface area contributed by atoms with E-state index in [2.05, 4.69) is 4.98 Å². The Hall–Kier alpha value is -1.89. The number of aryl methyl sites for hydroxylation is 1. The van der Waals surface area contributed by atoms with Crippen molar-refractivity contribution in [1.29, 1.82) is 0 Å². The van der Waals surface area contributed by atoms with Crippen molar-refractivity contribution < 1.29 is 4.90 Å². The average molecular weight is 278 g/mol. The molecule has 1 fully saturated rings. The van der Waals surface area contributed by atoms with Crippen LogP contribution in [0.25, 0.3) is 11.2 Å². The molecule has 1 aliphatic heterocycles. The molecule has 2 aromatic heterocycles. The maximum absolute atomic E-state index is 12.3. The van der Waals surface area contributed by atoms with Gasteiger partial charge in [-0.05, 0) is 19.3 Å². The molecule has 0 atom stereocenters. The summed E-state index contributed by atoms with van der Waals surface area (Å²) in [7, 11) is 3.16. The van der Waals surface area contributed by atoms with Crippen molar-refractivity contribution in [3.63, 3.8) is 0 Å². The van der Waals surface area contributed by atoms with Gasteiger partial charge >= 0.3 is 5.69 Å². The molecule has 0 bridgehead atoms. The van der Waals surface area contributed by atoms with Crippen LogP contribution in [-0.2, 0) is 20.8 Å². The van der Waals surface area contributed by atoms with Gasteiger partial charge in [-0.25, -0.2) is 9.78 Å². The maximum Gasteiger partial charge on any atom is 0.332 e. The van der Waals surface area contributed by atoms with Gasteiger partial charge in [0.15, 0.2) is 17.8 Å². The summed E-state index contributed by atoms with van der Waals surface area (Å²) in [6, 6.07) is 0. The van der Waals surface area contributed by atoms with Gasteiger partial charge in [-0.3, -0.25) is 18.5 Å². The number of nitrogens with zero attached hydrogens (tertiary/aromatic N) is 4. The van der Waals surface area contributed by atoms with Crippen LogP contribution in [0.5, 0.6) is 0 Å². The highest BCUT2D eigenvalue weighted by molar-refractivity contribution is 5.69. The van der Waals surface area contributed by atoms with Crippen molar-refractivity contribution in [3.05, 3.63) is 27.2 Å². The van der Waals surface area contributed by atoms with Gasteiger partial charge in [0.25, 0.3) is 5.56 Å². The van der Waals surface area contributed by atoms with Gasteiger partial charge in [0.05, 0.1) is 13.1 Å². The molecule has 20 heavy (non-hydrogen) atoms. The second-order valence-electron chi connectivity index (χ2n) is 5.56. The van der Waals surface area contributed by atoms with E-state index in [1.165, 1.54) is 35.8 Å². The van der Waals surface area contributed by atoms with Gasteiger partial charge in [-0.15, -0.1) is 0 Å². The number of rotatable bonds is 2. The molecule has 3 rings (SSSR count). The molecule has 7 nitrogen and oxygen atoms in total. The molecule has 0 saturated carbocycles. The lowest BCUT2D eigenvalue weighted by Gasteiger charge is -2.23. The SMILES string of the molecule is Cn1c(=O)c2c(ncn2C[NH+]2CCCCC2)n(C)c1=O. The fourth-order valence-electron chi connectivity index (χ4n) is 2.97. The first kappa shape index (κ1) is 13.1. The van der Waals surface area contributed by atoms with Crippen LogP contribution < -0.4 is 16.1 Å². The minimum absolute atomic E-state index is 0.267. The number of hydrogen-bond donors (Lipinski definition) is 1. The Morgan fingerprint density at radius 2 is 1.85 bits per heavy atom. The first-order valence-corrected chi connectivity index (χ1v) is 7.04. The lowest BCUT2D eigenvalue weighted by molar-refractivity contribution is -0.927. The quantitative estimate of drug-likeness (QED) is 0.724. The third-order valence-corrected chi connectivity index (χ3v) is 4.17. The van der Waals surface area contributed by atoms with Crippen LogP contribution in [0.1, 0.15) is 19.3 Å². The second-order valence-corrected chi connectivity index (χ2v) is 5.56. The molecule has 0 spiro atoms. The highest BCUT2D eigenvalue weighted by Crippen LogP contribution is 2.04. The number of hydrogen-bond acceptors (Lipinski definition) is 3. The van der Waals surface area contributed by atoms with E-state index in [9.17, 15) is 9.59 Å². The van der Waals surface area contributed by atoms with Crippen molar-refractivity contribution in [2.75, 3.05) is 13.1 Å². The second kappa shape index (κ2) is 4.90. The number of fused-ring (bicyclic) bond motifs is 1. The van der Waals surface area contributed by atoms with Gasteiger partial charge in [0.1, 0.15) is 6.33 Å². The van der Waals surface area contributed by atoms with Gasteiger partial charge in [-0.2, -0.15) is 0 Å². The third-order valence-electron chi connectivity index (χ3n) is 4.17. The Bertz CT molecular complexity index is 748. The fraction of sp³-hybridized carbons (Fsp3) is 0.615. The van der Waals surface area contributed by atoms with Crippen LogP contribution >= 0.6 is 0 Å². The number of piperidine rings is 1. The predicted octanol–water partition coefficient (Wildman–Crippen LogP) is -1.54. The predicted molar refractivity (Wildman–Crippen MR) is 74.8 cm³/mol. The number of aromatic nitrogens is 4. The standard InChI is InChI=1S/C13H19N5O2/c1-15-11-10(12(19)16(2)13(15)20)18(8-14-11)9-17-6-4-3-5-7-17/h8H,3-7,9H2,1-2H3/p+1. The van der Waals surface area contributed by atoms with Crippen molar-refractivity contribution >= 4 is 11.2 Å². The summed E-state index contributed by atoms with van der Waals surface area (Å²) in [5.41, 5.74) is 0.386. The van der Waals surface area contributed by atoms with Crippen LogP contribution in [0.3, 0.4) is 0 Å². The van der Waals surface area contributed by atoms with E-state index in [1.54, 1.807) is 13.4 Å². The maximum atomic E-state index is 12.3. The summed E-state index contributed by atoms with van der Waals surface area (Å²) in [6.07, 6.45) is 5.44. The van der Waals surface area contributed by atoms with Crippen LogP contribution in [0, 0.1) is 0 Å². The molecular formula is C13H20N5O2+. The van der Waals surface area contributed by atoms with E-state index in [4.69, 9.17) is 0 Å². The highest BCUT2D eigenvalue weighted by atomic mass is 16.2. The molecule has 0 aromatic carbocycles. The topological polar surface area (TPSA) is 66.3 Å². The average Bonchev–Trinajstić information content (AvgIpc) is 2.88. The third kappa shape index (κ3) is 1.98.